The van der Waals surface area contributed by atoms with Crippen molar-refractivity contribution in [2.24, 2.45) is 0 Å². The molecule has 1 N–H and O–H groups in total. The Morgan fingerprint density at radius 2 is 0.878 bits per heavy atom. The molecule has 0 unspecified atom stereocenters. The Morgan fingerprint density at radius 3 is 1.24 bits per heavy atom. The number of carbonyl (C=O) groups is 3. The predicted octanol–water partition coefficient (Wildman–Crippen LogP) is -6.12. The maximum Gasteiger partial charge on any atom is 0.337 e. The first-order chi connectivity index (χ1) is 19.4. The van der Waals surface area contributed by atoms with Crippen LogP contribution in [0.4, 0.5) is 0 Å². The van der Waals surface area contributed by atoms with Crippen molar-refractivity contribution in [3.05, 3.63) is 62.9 Å². The quantitative estimate of drug-likeness (QED) is 0.160. The molecule has 0 radical (unpaired) electrons. The standard InChI is InChI=1S/C21H28N6O14/c1-38-8-5-23-16(32)22(4-7-28)17(33)24(18(23)34)6-9-41-15(31)12-27-20(36)25(10-13(29)39-2)19(35)26(21(27)37)11-14(30)40-3/h28H,4-12H2,1-3H3. The highest BCUT2D eigenvalue weighted by atomic mass is 16.5. The lowest BCUT2D eigenvalue weighted by molar-refractivity contribution is -0.145. The molecular formula is C21H28N6O14. The Hall–Kier alpha value is -4.85. The summed E-state index contributed by atoms with van der Waals surface area (Å²) in [5.74, 6) is -3.34. The van der Waals surface area contributed by atoms with Crippen molar-refractivity contribution in [1.82, 2.24) is 27.4 Å². The molecule has 0 bridgehead atoms. The van der Waals surface area contributed by atoms with Gasteiger partial charge in [-0.05, 0) is 0 Å². The number of hydrogen-bond acceptors (Lipinski definition) is 14. The lowest BCUT2D eigenvalue weighted by Gasteiger charge is -2.14. The van der Waals surface area contributed by atoms with Crippen LogP contribution < -0.4 is 34.1 Å². The molecular weight excluding hydrogens is 560 g/mol. The van der Waals surface area contributed by atoms with E-state index in [0.29, 0.717) is 13.7 Å². The third-order valence-corrected chi connectivity index (χ3v) is 5.51. The molecule has 20 heteroatoms. The highest BCUT2D eigenvalue weighted by molar-refractivity contribution is 5.70. The Bertz CT molecular complexity index is 1600. The average Bonchev–Trinajstić information content (AvgIpc) is 2.95. The van der Waals surface area contributed by atoms with Crippen LogP contribution in [-0.4, -0.2) is 91.6 Å². The van der Waals surface area contributed by atoms with Gasteiger partial charge in [0.2, 0.25) is 0 Å². The van der Waals surface area contributed by atoms with Crippen LogP contribution in [0.5, 0.6) is 0 Å². The number of hydrogen-bond donors (Lipinski definition) is 1. The van der Waals surface area contributed by atoms with Gasteiger partial charge in [0.25, 0.3) is 0 Å². The van der Waals surface area contributed by atoms with Gasteiger partial charge in [-0.15, -0.1) is 0 Å². The summed E-state index contributed by atoms with van der Waals surface area (Å²) in [7, 11) is 3.27. The van der Waals surface area contributed by atoms with Gasteiger partial charge < -0.3 is 24.1 Å². The zero-order chi connectivity index (χ0) is 30.9. The van der Waals surface area contributed by atoms with Gasteiger partial charge in [0.1, 0.15) is 26.2 Å². The number of aliphatic hydroxyl groups is 1. The predicted molar refractivity (Wildman–Crippen MR) is 132 cm³/mol. The van der Waals surface area contributed by atoms with Crippen molar-refractivity contribution in [2.75, 3.05) is 41.2 Å². The van der Waals surface area contributed by atoms with Gasteiger partial charge in [-0.3, -0.25) is 14.4 Å². The Balaban J connectivity index is 2.38. The van der Waals surface area contributed by atoms with Crippen LogP contribution in [-0.2, 0) is 72.6 Å². The molecule has 0 aromatic carbocycles. The van der Waals surface area contributed by atoms with Crippen LogP contribution in [0.3, 0.4) is 0 Å². The number of methoxy groups -OCH3 is 3. The summed E-state index contributed by atoms with van der Waals surface area (Å²) in [5.41, 5.74) is -7.24. The van der Waals surface area contributed by atoms with E-state index >= 15 is 0 Å². The summed E-state index contributed by atoms with van der Waals surface area (Å²) in [6.45, 7) is -5.51. The van der Waals surface area contributed by atoms with Gasteiger partial charge in [-0.2, -0.15) is 0 Å². The molecule has 0 saturated heterocycles. The van der Waals surface area contributed by atoms with E-state index in [1.807, 2.05) is 0 Å². The summed E-state index contributed by atoms with van der Waals surface area (Å²) in [5, 5.41) is 9.19. The number of aliphatic hydroxyl groups excluding tert-OH is 1. The first kappa shape index (κ1) is 32.4. The van der Waals surface area contributed by atoms with E-state index in [9.17, 15) is 48.3 Å². The second kappa shape index (κ2) is 14.5. The van der Waals surface area contributed by atoms with Crippen molar-refractivity contribution >= 4 is 17.9 Å². The van der Waals surface area contributed by atoms with Crippen molar-refractivity contribution < 1.29 is 38.4 Å². The molecule has 2 heterocycles. The van der Waals surface area contributed by atoms with E-state index in [-0.39, 0.29) is 26.9 Å². The highest BCUT2D eigenvalue weighted by Gasteiger charge is 2.22. The fourth-order valence-corrected chi connectivity index (χ4v) is 3.44. The molecule has 41 heavy (non-hydrogen) atoms. The molecule has 2 aromatic rings. The van der Waals surface area contributed by atoms with E-state index in [1.165, 1.54) is 7.11 Å². The number of carbonyl (C=O) groups excluding carboxylic acids is 3. The average molecular weight is 588 g/mol. The maximum atomic E-state index is 12.8. The Morgan fingerprint density at radius 1 is 0.537 bits per heavy atom. The van der Waals surface area contributed by atoms with Crippen molar-refractivity contribution in [1.29, 1.82) is 0 Å². The van der Waals surface area contributed by atoms with Crippen molar-refractivity contribution in [2.45, 2.75) is 39.3 Å². The smallest absolute Gasteiger partial charge is 0.337 e. The SMILES string of the molecule is COCCn1c(=O)n(CCO)c(=O)n(CCOC(=O)Cn2c(=O)n(CC(=O)OC)c(=O)n(CC(=O)OC)c2=O)c1=O. The van der Waals surface area contributed by atoms with Gasteiger partial charge in [0.05, 0.1) is 47.1 Å². The third-order valence-electron chi connectivity index (χ3n) is 5.51. The third kappa shape index (κ3) is 7.42. The fraction of sp³-hybridized carbons (Fsp3) is 0.571. The maximum absolute atomic E-state index is 12.8. The zero-order valence-corrected chi connectivity index (χ0v) is 22.3. The van der Waals surface area contributed by atoms with E-state index in [4.69, 9.17) is 9.47 Å². The van der Waals surface area contributed by atoms with Crippen LogP contribution in [0.2, 0.25) is 0 Å². The minimum absolute atomic E-state index is 0.0537. The largest absolute Gasteiger partial charge is 0.468 e. The molecule has 0 amide bonds. The molecule has 0 saturated carbocycles. The molecule has 0 atom stereocenters. The molecule has 2 rings (SSSR count). The number of nitrogens with zero attached hydrogens (tertiary/aromatic N) is 6. The molecule has 0 spiro atoms. The molecule has 20 nitrogen and oxygen atoms in total. The number of aromatic nitrogens is 6. The number of rotatable bonds is 14. The molecule has 2 aromatic heterocycles. The monoisotopic (exact) mass is 588 g/mol. The van der Waals surface area contributed by atoms with E-state index in [1.54, 1.807) is 0 Å². The highest BCUT2D eigenvalue weighted by Crippen LogP contribution is 1.88. The summed E-state index contributed by atoms with van der Waals surface area (Å²) >= 11 is 0. The topological polar surface area (TPSA) is 240 Å². The van der Waals surface area contributed by atoms with Crippen LogP contribution >= 0.6 is 0 Å². The van der Waals surface area contributed by atoms with Crippen molar-refractivity contribution in [3.8, 4) is 0 Å². The van der Waals surface area contributed by atoms with Crippen LogP contribution in [0, 0.1) is 0 Å². The van der Waals surface area contributed by atoms with E-state index in [0.717, 1.165) is 14.2 Å². The van der Waals surface area contributed by atoms with Crippen LogP contribution in [0.15, 0.2) is 28.8 Å². The Kier molecular flexibility index (Phi) is 11.5. The summed E-state index contributed by atoms with van der Waals surface area (Å²) in [4.78, 5) is 112. The van der Waals surface area contributed by atoms with Gasteiger partial charge in [-0.1, -0.05) is 0 Å². The molecule has 0 fully saturated rings. The summed E-state index contributed by atoms with van der Waals surface area (Å²) < 4.78 is 21.2. The number of esters is 3. The summed E-state index contributed by atoms with van der Waals surface area (Å²) in [6, 6.07) is 0. The minimum Gasteiger partial charge on any atom is -0.468 e. The molecule has 0 aliphatic carbocycles. The second-order valence-electron chi connectivity index (χ2n) is 8.00. The van der Waals surface area contributed by atoms with Gasteiger partial charge >= 0.3 is 52.0 Å². The summed E-state index contributed by atoms with van der Waals surface area (Å²) in [6.07, 6.45) is 0. The molecule has 226 valence electrons. The minimum atomic E-state index is -1.39. The van der Waals surface area contributed by atoms with E-state index in [2.05, 4.69) is 9.47 Å². The van der Waals surface area contributed by atoms with Gasteiger partial charge in [-0.25, -0.2) is 56.2 Å². The van der Waals surface area contributed by atoms with Gasteiger partial charge in [0.15, 0.2) is 0 Å². The van der Waals surface area contributed by atoms with Crippen LogP contribution in [0.1, 0.15) is 0 Å². The normalized spacial score (nSPS) is 10.8. The first-order valence-electron chi connectivity index (χ1n) is 11.7. The number of ether oxygens (including phenoxy) is 4. The fourth-order valence-electron chi connectivity index (χ4n) is 3.44. The van der Waals surface area contributed by atoms with Crippen molar-refractivity contribution in [3.63, 3.8) is 0 Å². The second-order valence-corrected chi connectivity index (χ2v) is 8.00. The molecule has 0 aliphatic heterocycles. The lowest BCUT2D eigenvalue weighted by atomic mass is 10.5. The molecule has 0 aliphatic rings. The van der Waals surface area contributed by atoms with Crippen LogP contribution in [0.25, 0.3) is 0 Å². The van der Waals surface area contributed by atoms with Gasteiger partial charge in [0, 0.05) is 7.11 Å². The Labute approximate surface area is 227 Å². The zero-order valence-electron chi connectivity index (χ0n) is 22.3. The lowest BCUT2D eigenvalue weighted by Crippen LogP contribution is -2.56. The van der Waals surface area contributed by atoms with E-state index < -0.39 is 98.0 Å². The first-order valence-corrected chi connectivity index (χ1v) is 11.7.